The Bertz CT molecular complexity index is 496. The van der Waals surface area contributed by atoms with E-state index in [2.05, 4.69) is 18.7 Å². The smallest absolute Gasteiger partial charge is 0.256 e. The number of hydrogen-bond donors (Lipinski definition) is 1. The van der Waals surface area contributed by atoms with E-state index in [1.807, 2.05) is 0 Å². The number of anilines is 1. The van der Waals surface area contributed by atoms with Crippen LogP contribution < -0.4 is 5.73 Å². The summed E-state index contributed by atoms with van der Waals surface area (Å²) in [6, 6.07) is 4.39. The number of piperazine rings is 1. The van der Waals surface area contributed by atoms with Crippen molar-refractivity contribution in [3.63, 3.8) is 0 Å². The Hall–Kier alpha value is -1.62. The van der Waals surface area contributed by atoms with Gasteiger partial charge in [-0.15, -0.1) is 0 Å². The van der Waals surface area contributed by atoms with Crippen molar-refractivity contribution in [2.45, 2.75) is 20.3 Å². The second-order valence-electron chi connectivity index (χ2n) is 6.02. The molecule has 1 aromatic carbocycles. The molecule has 0 radical (unpaired) electrons. The van der Waals surface area contributed by atoms with E-state index in [0.717, 1.165) is 19.6 Å². The van der Waals surface area contributed by atoms with Gasteiger partial charge in [0.2, 0.25) is 0 Å². The van der Waals surface area contributed by atoms with Gasteiger partial charge >= 0.3 is 0 Å². The molecule has 1 amide bonds. The predicted octanol–water partition coefficient (Wildman–Crippen LogP) is 2.21. The Balaban J connectivity index is 1.93. The highest BCUT2D eigenvalue weighted by Gasteiger charge is 2.24. The zero-order valence-corrected chi connectivity index (χ0v) is 12.8. The maximum absolute atomic E-state index is 13.4. The first-order chi connectivity index (χ1) is 9.99. The normalized spacial score (nSPS) is 16.5. The molecule has 0 atom stereocenters. The number of amides is 1. The fraction of sp³-hybridized carbons (Fsp3) is 0.562. The van der Waals surface area contributed by atoms with Crippen LogP contribution in [0.4, 0.5) is 10.1 Å². The van der Waals surface area contributed by atoms with Gasteiger partial charge in [0.15, 0.2) is 0 Å². The minimum atomic E-state index is -0.531. The molecule has 1 aromatic rings. The van der Waals surface area contributed by atoms with Crippen molar-refractivity contribution in [1.29, 1.82) is 0 Å². The van der Waals surface area contributed by atoms with Crippen LogP contribution in [0.1, 0.15) is 30.6 Å². The van der Waals surface area contributed by atoms with Gasteiger partial charge in [0.25, 0.3) is 5.91 Å². The molecule has 0 unspecified atom stereocenters. The SMILES string of the molecule is CC(C)CCN1CCN(C(=O)c2cccc(F)c2N)CC1. The Morgan fingerprint density at radius 1 is 1.29 bits per heavy atom. The lowest BCUT2D eigenvalue weighted by Gasteiger charge is -2.35. The number of carbonyl (C=O) groups is 1. The van der Waals surface area contributed by atoms with Crippen molar-refractivity contribution in [3.05, 3.63) is 29.6 Å². The summed E-state index contributed by atoms with van der Waals surface area (Å²) in [7, 11) is 0. The minimum Gasteiger partial charge on any atom is -0.396 e. The second-order valence-corrected chi connectivity index (χ2v) is 6.02. The molecule has 2 rings (SSSR count). The molecule has 0 bridgehead atoms. The largest absolute Gasteiger partial charge is 0.396 e. The summed E-state index contributed by atoms with van der Waals surface area (Å²) in [5.41, 5.74) is 5.88. The van der Waals surface area contributed by atoms with Gasteiger partial charge in [-0.2, -0.15) is 0 Å². The van der Waals surface area contributed by atoms with E-state index < -0.39 is 5.82 Å². The molecule has 0 saturated carbocycles. The van der Waals surface area contributed by atoms with E-state index in [1.165, 1.54) is 18.6 Å². The molecule has 1 fully saturated rings. The Kier molecular flexibility index (Phi) is 5.17. The van der Waals surface area contributed by atoms with Gasteiger partial charge in [-0.1, -0.05) is 19.9 Å². The van der Waals surface area contributed by atoms with Crippen molar-refractivity contribution in [2.75, 3.05) is 38.5 Å². The van der Waals surface area contributed by atoms with Gasteiger partial charge in [0.1, 0.15) is 5.82 Å². The molecule has 1 aliphatic rings. The molecule has 1 aliphatic heterocycles. The van der Waals surface area contributed by atoms with Gasteiger partial charge in [0, 0.05) is 26.2 Å². The maximum atomic E-state index is 13.4. The van der Waals surface area contributed by atoms with Crippen LogP contribution in [0.2, 0.25) is 0 Å². The monoisotopic (exact) mass is 293 g/mol. The van der Waals surface area contributed by atoms with Crippen molar-refractivity contribution in [3.8, 4) is 0 Å². The Labute approximate surface area is 125 Å². The quantitative estimate of drug-likeness (QED) is 0.866. The Morgan fingerprint density at radius 2 is 1.95 bits per heavy atom. The summed E-state index contributed by atoms with van der Waals surface area (Å²) >= 11 is 0. The second kappa shape index (κ2) is 6.89. The molecule has 1 saturated heterocycles. The summed E-state index contributed by atoms with van der Waals surface area (Å²) in [6.45, 7) is 8.59. The summed E-state index contributed by atoms with van der Waals surface area (Å²) in [6.07, 6.45) is 1.17. The van der Waals surface area contributed by atoms with Crippen LogP contribution >= 0.6 is 0 Å². The molecule has 5 heteroatoms. The third-order valence-corrected chi connectivity index (χ3v) is 3.97. The number of nitrogens with zero attached hydrogens (tertiary/aromatic N) is 2. The summed E-state index contributed by atoms with van der Waals surface area (Å²) in [5, 5.41) is 0. The lowest BCUT2D eigenvalue weighted by molar-refractivity contribution is 0.0632. The number of para-hydroxylation sites is 1. The van der Waals surface area contributed by atoms with E-state index in [4.69, 9.17) is 5.73 Å². The van der Waals surface area contributed by atoms with Crippen LogP contribution in [0.5, 0.6) is 0 Å². The zero-order chi connectivity index (χ0) is 15.4. The molecule has 21 heavy (non-hydrogen) atoms. The van der Waals surface area contributed by atoms with Crippen LogP contribution in [-0.4, -0.2) is 48.4 Å². The third-order valence-electron chi connectivity index (χ3n) is 3.97. The number of hydrogen-bond acceptors (Lipinski definition) is 3. The van der Waals surface area contributed by atoms with E-state index >= 15 is 0 Å². The number of halogens is 1. The van der Waals surface area contributed by atoms with Crippen LogP contribution in [0.25, 0.3) is 0 Å². The van der Waals surface area contributed by atoms with Gasteiger partial charge in [-0.3, -0.25) is 9.69 Å². The molecule has 0 aliphatic carbocycles. The molecule has 116 valence electrons. The van der Waals surface area contributed by atoms with Crippen molar-refractivity contribution in [1.82, 2.24) is 9.80 Å². The first-order valence-corrected chi connectivity index (χ1v) is 7.54. The number of rotatable bonds is 4. The fourth-order valence-electron chi connectivity index (χ4n) is 2.51. The maximum Gasteiger partial charge on any atom is 0.256 e. The molecule has 2 N–H and O–H groups in total. The highest BCUT2D eigenvalue weighted by molar-refractivity contribution is 5.99. The van der Waals surface area contributed by atoms with Gasteiger partial charge in [-0.05, 0) is 31.0 Å². The van der Waals surface area contributed by atoms with Crippen LogP contribution in [0.15, 0.2) is 18.2 Å². The summed E-state index contributed by atoms with van der Waals surface area (Å²) in [5.74, 6) is -0.0105. The molecule has 0 spiro atoms. The summed E-state index contributed by atoms with van der Waals surface area (Å²) < 4.78 is 13.4. The van der Waals surface area contributed by atoms with E-state index in [1.54, 1.807) is 11.0 Å². The lowest BCUT2D eigenvalue weighted by Crippen LogP contribution is -2.49. The van der Waals surface area contributed by atoms with Crippen molar-refractivity contribution < 1.29 is 9.18 Å². The molecular formula is C16H24FN3O. The van der Waals surface area contributed by atoms with Gasteiger partial charge in [-0.25, -0.2) is 4.39 Å². The molecule has 0 aromatic heterocycles. The minimum absolute atomic E-state index is 0.0512. The third kappa shape index (κ3) is 3.94. The summed E-state index contributed by atoms with van der Waals surface area (Å²) in [4.78, 5) is 16.5. The zero-order valence-electron chi connectivity index (χ0n) is 12.8. The number of benzene rings is 1. The number of nitrogens with two attached hydrogens (primary N) is 1. The van der Waals surface area contributed by atoms with Crippen LogP contribution in [-0.2, 0) is 0 Å². The molecular weight excluding hydrogens is 269 g/mol. The number of nitrogen functional groups attached to an aromatic ring is 1. The van der Waals surface area contributed by atoms with E-state index in [0.29, 0.717) is 19.0 Å². The molecule has 4 nitrogen and oxygen atoms in total. The average Bonchev–Trinajstić information content (AvgIpc) is 2.48. The van der Waals surface area contributed by atoms with E-state index in [9.17, 15) is 9.18 Å². The first-order valence-electron chi connectivity index (χ1n) is 7.54. The van der Waals surface area contributed by atoms with Crippen LogP contribution in [0, 0.1) is 11.7 Å². The fourth-order valence-corrected chi connectivity index (χ4v) is 2.51. The van der Waals surface area contributed by atoms with Crippen molar-refractivity contribution >= 4 is 11.6 Å². The standard InChI is InChI=1S/C16H24FN3O/c1-12(2)6-7-19-8-10-20(11-9-19)16(21)13-4-3-5-14(17)15(13)18/h3-5,12H,6-11,18H2,1-2H3. The highest BCUT2D eigenvalue weighted by atomic mass is 19.1. The first kappa shape index (κ1) is 15.8. The van der Waals surface area contributed by atoms with E-state index in [-0.39, 0.29) is 17.2 Å². The topological polar surface area (TPSA) is 49.6 Å². The molecule has 1 heterocycles. The number of carbonyl (C=O) groups excluding carboxylic acids is 1. The Morgan fingerprint density at radius 3 is 2.57 bits per heavy atom. The highest BCUT2D eigenvalue weighted by Crippen LogP contribution is 2.18. The van der Waals surface area contributed by atoms with Crippen LogP contribution in [0.3, 0.4) is 0 Å². The van der Waals surface area contributed by atoms with Gasteiger partial charge in [0.05, 0.1) is 11.3 Å². The lowest BCUT2D eigenvalue weighted by atomic mass is 10.1. The van der Waals surface area contributed by atoms with Crippen molar-refractivity contribution in [2.24, 2.45) is 5.92 Å². The predicted molar refractivity (Wildman–Crippen MR) is 82.6 cm³/mol. The van der Waals surface area contributed by atoms with Gasteiger partial charge < -0.3 is 10.6 Å². The average molecular weight is 293 g/mol.